The number of benzene rings is 2. The number of sulfonamides is 1. The summed E-state index contributed by atoms with van der Waals surface area (Å²) in [6.07, 6.45) is 0.444. The number of rotatable bonds is 6. The van der Waals surface area contributed by atoms with Crippen LogP contribution in [-0.4, -0.2) is 38.5 Å². The summed E-state index contributed by atoms with van der Waals surface area (Å²) in [5.74, 6) is 0. The zero-order chi connectivity index (χ0) is 21.9. The Labute approximate surface area is 180 Å². The third-order valence-electron chi connectivity index (χ3n) is 5.14. The van der Waals surface area contributed by atoms with Gasteiger partial charge in [0.05, 0.1) is 17.0 Å². The molecule has 2 aromatic rings. The molecule has 0 aromatic heterocycles. The van der Waals surface area contributed by atoms with Gasteiger partial charge in [-0.1, -0.05) is 18.2 Å². The fourth-order valence-electron chi connectivity index (χ4n) is 3.40. The fourth-order valence-corrected chi connectivity index (χ4v) is 4.16. The Morgan fingerprint density at radius 1 is 1.00 bits per heavy atom. The van der Waals surface area contributed by atoms with Gasteiger partial charge < -0.3 is 15.0 Å². The van der Waals surface area contributed by atoms with Gasteiger partial charge in [0.15, 0.2) is 0 Å². The van der Waals surface area contributed by atoms with Crippen molar-refractivity contribution in [2.45, 2.75) is 58.1 Å². The molecule has 1 saturated heterocycles. The highest BCUT2D eigenvalue weighted by Crippen LogP contribution is 2.24. The summed E-state index contributed by atoms with van der Waals surface area (Å²) in [7, 11) is -3.42. The van der Waals surface area contributed by atoms with Crippen molar-refractivity contribution in [3.8, 4) is 0 Å². The van der Waals surface area contributed by atoms with E-state index in [9.17, 15) is 8.42 Å². The summed E-state index contributed by atoms with van der Waals surface area (Å²) in [6, 6.07) is 15.9. The molecule has 3 rings (SSSR count). The number of nitrogens with one attached hydrogen (secondary N) is 2. The molecule has 2 aromatic carbocycles. The van der Waals surface area contributed by atoms with Crippen molar-refractivity contribution in [1.82, 2.24) is 0 Å². The third kappa shape index (κ3) is 5.67. The van der Waals surface area contributed by atoms with Gasteiger partial charge in [0.25, 0.3) is 0 Å². The lowest BCUT2D eigenvalue weighted by Gasteiger charge is -2.37. The summed E-state index contributed by atoms with van der Waals surface area (Å²) in [4.78, 5) is 2.36. The monoisotopic (exact) mass is 431 g/mol. The Balaban J connectivity index is 1.61. The topological polar surface area (TPSA) is 70.7 Å². The van der Waals surface area contributed by atoms with Crippen LogP contribution in [0.15, 0.2) is 48.5 Å². The molecule has 0 amide bonds. The summed E-state index contributed by atoms with van der Waals surface area (Å²) in [6.45, 7) is 11.7. The Bertz CT molecular complexity index is 942. The van der Waals surface area contributed by atoms with Crippen LogP contribution in [0.1, 0.15) is 40.2 Å². The smallest absolute Gasteiger partial charge is 0.237 e. The van der Waals surface area contributed by atoms with Crippen LogP contribution in [0, 0.1) is 0 Å². The van der Waals surface area contributed by atoms with Gasteiger partial charge in [0, 0.05) is 36.7 Å². The average molecular weight is 432 g/mol. The lowest BCUT2D eigenvalue weighted by molar-refractivity contribution is -0.00521. The third-order valence-corrected chi connectivity index (χ3v) is 7.26. The van der Waals surface area contributed by atoms with E-state index in [2.05, 4.69) is 53.1 Å². The summed E-state index contributed by atoms with van der Waals surface area (Å²) >= 11 is 0. The van der Waals surface area contributed by atoms with Gasteiger partial charge >= 0.3 is 0 Å². The standard InChI is InChI=1S/C23H33N3O3S/c1-17-15-26(16-18(2)29-17)22-8-6-7-21(13-22)24-14-19-9-11-20(12-10-19)25-30(27,28)23(3,4)5/h6-13,17-18,24-25H,14-16H2,1-5H3/t17-,18+. The molecule has 2 N–H and O–H groups in total. The number of hydrogen-bond donors (Lipinski definition) is 2. The number of anilines is 3. The summed E-state index contributed by atoms with van der Waals surface area (Å²) in [5.41, 5.74) is 3.89. The number of hydrogen-bond acceptors (Lipinski definition) is 5. The lowest BCUT2D eigenvalue weighted by atomic mass is 10.1. The molecule has 0 spiro atoms. The molecule has 30 heavy (non-hydrogen) atoms. The summed E-state index contributed by atoms with van der Waals surface area (Å²) < 4.78 is 32.2. The predicted molar refractivity (Wildman–Crippen MR) is 125 cm³/mol. The lowest BCUT2D eigenvalue weighted by Crippen LogP contribution is -2.45. The largest absolute Gasteiger partial charge is 0.381 e. The van der Waals surface area contributed by atoms with Crippen molar-refractivity contribution < 1.29 is 13.2 Å². The van der Waals surface area contributed by atoms with E-state index >= 15 is 0 Å². The molecule has 1 fully saturated rings. The molecule has 0 unspecified atom stereocenters. The van der Waals surface area contributed by atoms with Gasteiger partial charge in [-0.25, -0.2) is 8.42 Å². The maximum atomic E-state index is 12.3. The Kier molecular flexibility index (Phi) is 6.62. The van der Waals surface area contributed by atoms with E-state index in [1.54, 1.807) is 32.9 Å². The normalized spacial score (nSPS) is 20.1. The van der Waals surface area contributed by atoms with E-state index in [0.29, 0.717) is 12.2 Å². The highest BCUT2D eigenvalue weighted by atomic mass is 32.2. The second-order valence-corrected chi connectivity index (χ2v) is 11.4. The molecule has 7 heteroatoms. The predicted octanol–water partition coefficient (Wildman–Crippen LogP) is 4.45. The minimum absolute atomic E-state index is 0.222. The molecule has 2 atom stereocenters. The molecule has 1 aliphatic heterocycles. The van der Waals surface area contributed by atoms with Crippen LogP contribution in [0.25, 0.3) is 0 Å². The van der Waals surface area contributed by atoms with Gasteiger partial charge in [0.1, 0.15) is 0 Å². The molecule has 0 bridgehead atoms. The minimum Gasteiger partial charge on any atom is -0.381 e. The van der Waals surface area contributed by atoms with Crippen LogP contribution in [-0.2, 0) is 21.3 Å². The van der Waals surface area contributed by atoms with Gasteiger partial charge in [-0.15, -0.1) is 0 Å². The maximum absolute atomic E-state index is 12.3. The van der Waals surface area contributed by atoms with Crippen LogP contribution >= 0.6 is 0 Å². The minimum atomic E-state index is -3.42. The number of morpholine rings is 1. The Morgan fingerprint density at radius 2 is 1.63 bits per heavy atom. The molecule has 0 aliphatic carbocycles. The van der Waals surface area contributed by atoms with E-state index in [0.717, 1.165) is 24.3 Å². The van der Waals surface area contributed by atoms with E-state index in [1.165, 1.54) is 5.69 Å². The van der Waals surface area contributed by atoms with Crippen molar-refractivity contribution in [3.05, 3.63) is 54.1 Å². The molecular formula is C23H33N3O3S. The highest BCUT2D eigenvalue weighted by Gasteiger charge is 2.28. The first-order valence-electron chi connectivity index (χ1n) is 10.4. The van der Waals surface area contributed by atoms with Crippen molar-refractivity contribution in [3.63, 3.8) is 0 Å². The highest BCUT2D eigenvalue weighted by molar-refractivity contribution is 7.94. The second-order valence-electron chi connectivity index (χ2n) is 8.98. The van der Waals surface area contributed by atoms with Crippen LogP contribution in [0.2, 0.25) is 0 Å². The average Bonchev–Trinajstić information content (AvgIpc) is 2.66. The SMILES string of the molecule is C[C@@H]1CN(c2cccc(NCc3ccc(NS(=O)(=O)C(C)(C)C)cc3)c2)C[C@H](C)O1. The van der Waals surface area contributed by atoms with E-state index in [4.69, 9.17) is 4.74 Å². The molecule has 0 saturated carbocycles. The first-order valence-corrected chi connectivity index (χ1v) is 11.9. The quantitative estimate of drug-likeness (QED) is 0.707. The van der Waals surface area contributed by atoms with Crippen molar-refractivity contribution in [1.29, 1.82) is 0 Å². The fraction of sp³-hybridized carbons (Fsp3) is 0.478. The van der Waals surface area contributed by atoms with Crippen LogP contribution in [0.4, 0.5) is 17.1 Å². The van der Waals surface area contributed by atoms with Gasteiger partial charge in [0.2, 0.25) is 10.0 Å². The Morgan fingerprint density at radius 3 is 2.23 bits per heavy atom. The van der Waals surface area contributed by atoms with Gasteiger partial charge in [-0.3, -0.25) is 4.72 Å². The van der Waals surface area contributed by atoms with E-state index in [-0.39, 0.29) is 12.2 Å². The van der Waals surface area contributed by atoms with Crippen molar-refractivity contribution in [2.24, 2.45) is 0 Å². The molecule has 164 valence electrons. The van der Waals surface area contributed by atoms with Gasteiger partial charge in [-0.05, 0) is 70.5 Å². The molecule has 6 nitrogen and oxygen atoms in total. The van der Waals surface area contributed by atoms with E-state index < -0.39 is 14.8 Å². The zero-order valence-corrected chi connectivity index (χ0v) is 19.3. The maximum Gasteiger partial charge on any atom is 0.237 e. The number of nitrogens with zero attached hydrogens (tertiary/aromatic N) is 1. The number of ether oxygens (including phenoxy) is 1. The van der Waals surface area contributed by atoms with Crippen molar-refractivity contribution in [2.75, 3.05) is 28.0 Å². The van der Waals surface area contributed by atoms with Gasteiger partial charge in [-0.2, -0.15) is 0 Å². The second kappa shape index (κ2) is 8.86. The molecule has 1 aliphatic rings. The molecule has 0 radical (unpaired) electrons. The first kappa shape index (κ1) is 22.4. The Hall–Kier alpha value is -2.25. The van der Waals surface area contributed by atoms with Crippen LogP contribution in [0.3, 0.4) is 0 Å². The zero-order valence-electron chi connectivity index (χ0n) is 18.5. The van der Waals surface area contributed by atoms with Crippen LogP contribution < -0.4 is 14.9 Å². The van der Waals surface area contributed by atoms with Crippen molar-refractivity contribution >= 4 is 27.1 Å². The molecular weight excluding hydrogens is 398 g/mol. The summed E-state index contributed by atoms with van der Waals surface area (Å²) in [5, 5.41) is 3.46. The molecule has 1 heterocycles. The van der Waals surface area contributed by atoms with E-state index in [1.807, 2.05) is 12.1 Å². The first-order chi connectivity index (χ1) is 14.0. The van der Waals surface area contributed by atoms with Crippen LogP contribution in [0.5, 0.6) is 0 Å².